The van der Waals surface area contributed by atoms with Crippen molar-refractivity contribution in [3.63, 3.8) is 0 Å². The van der Waals surface area contributed by atoms with E-state index < -0.39 is 41.2 Å². The smallest absolute Gasteiger partial charge is 0.324 e. The third kappa shape index (κ3) is 2.36. The Labute approximate surface area is 161 Å². The van der Waals surface area contributed by atoms with Crippen LogP contribution in [0.25, 0.3) is 0 Å². The number of imide groups is 1. The van der Waals surface area contributed by atoms with Crippen LogP contribution in [0.4, 0.5) is 5.69 Å². The first kappa shape index (κ1) is 18.2. The summed E-state index contributed by atoms with van der Waals surface area (Å²) < 4.78 is 0. The molecular weight excluding hydrogens is 360 g/mol. The van der Waals surface area contributed by atoms with E-state index in [2.05, 4.69) is 5.32 Å². The molecule has 0 spiro atoms. The molecule has 2 fully saturated rings. The Morgan fingerprint density at radius 1 is 1.07 bits per heavy atom. The lowest BCUT2D eigenvalue weighted by molar-refractivity contribution is -0.149. The summed E-state index contributed by atoms with van der Waals surface area (Å²) in [6.07, 6.45) is 0.120. The number of nitrogens with zero attached hydrogens (tertiary/aromatic N) is 1. The van der Waals surface area contributed by atoms with E-state index in [0.717, 1.165) is 4.90 Å². The maximum atomic E-state index is 13.3. The van der Waals surface area contributed by atoms with Gasteiger partial charge in [0.15, 0.2) is 0 Å². The van der Waals surface area contributed by atoms with Gasteiger partial charge in [-0.1, -0.05) is 43.3 Å². The number of phenolic OH excluding ortho intramolecular Hbond substituents is 1. The second kappa shape index (κ2) is 6.45. The third-order valence-corrected chi connectivity index (χ3v) is 5.88. The molecule has 2 heterocycles. The van der Waals surface area contributed by atoms with Gasteiger partial charge in [0.2, 0.25) is 11.8 Å². The number of nitrogens with one attached hydrogen (secondary N) is 1. The van der Waals surface area contributed by atoms with Gasteiger partial charge in [0, 0.05) is 11.6 Å². The number of amides is 2. The molecule has 4 rings (SSSR count). The van der Waals surface area contributed by atoms with Crippen LogP contribution in [0, 0.1) is 11.8 Å². The zero-order chi connectivity index (χ0) is 20.1. The minimum Gasteiger partial charge on any atom is -0.508 e. The molecule has 0 bridgehead atoms. The zero-order valence-corrected chi connectivity index (χ0v) is 15.2. The molecule has 0 unspecified atom stereocenters. The van der Waals surface area contributed by atoms with E-state index >= 15 is 0 Å². The van der Waals surface area contributed by atoms with Gasteiger partial charge in [-0.3, -0.25) is 19.7 Å². The molecular formula is C21H20N2O5. The molecule has 144 valence electrons. The fraction of sp³-hybridized carbons (Fsp3) is 0.286. The van der Waals surface area contributed by atoms with Crippen LogP contribution in [0.5, 0.6) is 5.75 Å². The van der Waals surface area contributed by atoms with Crippen molar-refractivity contribution < 1.29 is 24.6 Å². The van der Waals surface area contributed by atoms with E-state index in [1.54, 1.807) is 55.5 Å². The van der Waals surface area contributed by atoms with E-state index in [1.165, 1.54) is 6.07 Å². The topological polar surface area (TPSA) is 107 Å². The molecule has 3 N–H and O–H groups in total. The number of anilines is 1. The number of aromatic hydroxyl groups is 1. The number of carbonyl (C=O) groups is 3. The largest absolute Gasteiger partial charge is 0.508 e. The van der Waals surface area contributed by atoms with Crippen LogP contribution in [0.15, 0.2) is 54.6 Å². The number of hydrogen-bond donors (Lipinski definition) is 3. The molecule has 2 aromatic carbocycles. The van der Waals surface area contributed by atoms with Crippen molar-refractivity contribution in [2.75, 3.05) is 4.90 Å². The first-order valence-corrected chi connectivity index (χ1v) is 9.14. The Balaban J connectivity index is 1.88. The maximum absolute atomic E-state index is 13.3. The summed E-state index contributed by atoms with van der Waals surface area (Å²) in [4.78, 5) is 39.9. The molecule has 7 heteroatoms. The summed E-state index contributed by atoms with van der Waals surface area (Å²) in [6, 6.07) is 14.2. The zero-order valence-electron chi connectivity index (χ0n) is 15.2. The summed E-state index contributed by atoms with van der Waals surface area (Å²) in [5.74, 6) is -4.20. The van der Waals surface area contributed by atoms with Crippen LogP contribution >= 0.6 is 0 Å². The van der Waals surface area contributed by atoms with Gasteiger partial charge in [-0.05, 0) is 24.6 Å². The number of carboxylic acid groups (broad SMARTS) is 1. The lowest BCUT2D eigenvalue weighted by Gasteiger charge is -2.30. The van der Waals surface area contributed by atoms with Gasteiger partial charge >= 0.3 is 5.97 Å². The highest BCUT2D eigenvalue weighted by Gasteiger charge is 2.68. The van der Waals surface area contributed by atoms with Crippen LogP contribution in [0.2, 0.25) is 0 Å². The van der Waals surface area contributed by atoms with E-state index in [9.17, 15) is 24.6 Å². The summed E-state index contributed by atoms with van der Waals surface area (Å²) in [7, 11) is 0. The minimum absolute atomic E-state index is 0.0468. The van der Waals surface area contributed by atoms with Crippen LogP contribution in [0.3, 0.4) is 0 Å². The fourth-order valence-electron chi connectivity index (χ4n) is 4.52. The van der Waals surface area contributed by atoms with Gasteiger partial charge in [0.25, 0.3) is 0 Å². The number of rotatable bonds is 4. The maximum Gasteiger partial charge on any atom is 0.324 e. The van der Waals surface area contributed by atoms with Crippen LogP contribution in [0.1, 0.15) is 24.9 Å². The second-order valence-corrected chi connectivity index (χ2v) is 7.16. The first-order valence-electron chi connectivity index (χ1n) is 9.14. The molecule has 0 aromatic heterocycles. The molecule has 7 nitrogen and oxygen atoms in total. The molecule has 2 aliphatic rings. The average Bonchev–Trinajstić information content (AvgIpc) is 3.17. The van der Waals surface area contributed by atoms with Crippen molar-refractivity contribution in [1.29, 1.82) is 0 Å². The van der Waals surface area contributed by atoms with Crippen LogP contribution in [-0.2, 0) is 14.4 Å². The van der Waals surface area contributed by atoms with Gasteiger partial charge in [-0.2, -0.15) is 0 Å². The Kier molecular flexibility index (Phi) is 4.19. The predicted molar refractivity (Wildman–Crippen MR) is 101 cm³/mol. The Hall–Kier alpha value is -3.19. The number of benzene rings is 2. The molecule has 2 saturated heterocycles. The van der Waals surface area contributed by atoms with Gasteiger partial charge in [0.1, 0.15) is 11.3 Å². The van der Waals surface area contributed by atoms with Gasteiger partial charge < -0.3 is 10.2 Å². The van der Waals surface area contributed by atoms with Gasteiger partial charge in [-0.25, -0.2) is 4.90 Å². The highest BCUT2D eigenvalue weighted by molar-refractivity contribution is 6.24. The molecule has 0 radical (unpaired) electrons. The fourth-order valence-corrected chi connectivity index (χ4v) is 4.52. The number of carbonyl (C=O) groups excluding carboxylic acids is 2. The van der Waals surface area contributed by atoms with Gasteiger partial charge in [0.05, 0.1) is 17.5 Å². The lowest BCUT2D eigenvalue weighted by Crippen LogP contribution is -2.55. The second-order valence-electron chi connectivity index (χ2n) is 7.16. The molecule has 2 amide bonds. The van der Waals surface area contributed by atoms with E-state index in [4.69, 9.17) is 0 Å². The SMILES string of the molecule is CC[C@]1(C(=O)O)N[C@H](c2ccccc2O)[C@H]2C(=O)N(c3ccccc3)C(=O)[C@@H]21. The molecule has 0 saturated carbocycles. The molecule has 28 heavy (non-hydrogen) atoms. The van der Waals surface area contributed by atoms with Crippen molar-refractivity contribution in [3.8, 4) is 5.75 Å². The van der Waals surface area contributed by atoms with E-state index in [1.807, 2.05) is 0 Å². The predicted octanol–water partition coefficient (Wildman–Crippen LogP) is 2.08. The van der Waals surface area contributed by atoms with E-state index in [-0.39, 0.29) is 12.2 Å². The summed E-state index contributed by atoms with van der Waals surface area (Å²) in [5, 5.41) is 23.3. The van der Waals surface area contributed by atoms with Crippen molar-refractivity contribution in [2.24, 2.45) is 11.8 Å². The Morgan fingerprint density at radius 2 is 1.71 bits per heavy atom. The number of phenols is 1. The highest BCUT2D eigenvalue weighted by Crippen LogP contribution is 2.51. The molecule has 4 atom stereocenters. The van der Waals surface area contributed by atoms with Crippen LogP contribution in [-0.4, -0.2) is 33.5 Å². The lowest BCUT2D eigenvalue weighted by atomic mass is 9.78. The Bertz CT molecular complexity index is 960. The monoisotopic (exact) mass is 380 g/mol. The third-order valence-electron chi connectivity index (χ3n) is 5.88. The standard InChI is InChI=1S/C21H20N2O5/c1-2-21(20(27)28)16-15(17(22-21)13-10-6-7-11-14(13)24)18(25)23(19(16)26)12-8-4-3-5-9-12/h3-11,15-17,22,24H,2H2,1H3,(H,27,28)/t15-,16+,17+,21-/m0/s1. The minimum atomic E-state index is -1.59. The molecule has 0 aliphatic carbocycles. The first-order chi connectivity index (χ1) is 13.4. The summed E-state index contributed by atoms with van der Waals surface area (Å²) in [5.41, 5.74) is -0.767. The number of aliphatic carboxylic acids is 1. The quantitative estimate of drug-likeness (QED) is 0.701. The van der Waals surface area contributed by atoms with Crippen molar-refractivity contribution >= 4 is 23.5 Å². The Morgan fingerprint density at radius 3 is 2.32 bits per heavy atom. The highest BCUT2D eigenvalue weighted by atomic mass is 16.4. The summed E-state index contributed by atoms with van der Waals surface area (Å²) in [6.45, 7) is 1.67. The average molecular weight is 380 g/mol. The van der Waals surface area contributed by atoms with Crippen molar-refractivity contribution in [3.05, 3.63) is 60.2 Å². The molecule has 2 aliphatic heterocycles. The van der Waals surface area contributed by atoms with Gasteiger partial charge in [-0.15, -0.1) is 0 Å². The number of hydrogen-bond acceptors (Lipinski definition) is 5. The number of carboxylic acids is 1. The number of fused-ring (bicyclic) bond motifs is 1. The normalized spacial score (nSPS) is 29.2. The van der Waals surface area contributed by atoms with Crippen molar-refractivity contribution in [2.45, 2.75) is 24.9 Å². The summed E-state index contributed by atoms with van der Waals surface area (Å²) >= 11 is 0. The molecule has 2 aromatic rings. The number of para-hydroxylation sites is 2. The van der Waals surface area contributed by atoms with E-state index in [0.29, 0.717) is 11.3 Å². The van der Waals surface area contributed by atoms with Crippen molar-refractivity contribution in [1.82, 2.24) is 5.32 Å². The van der Waals surface area contributed by atoms with Crippen LogP contribution < -0.4 is 10.2 Å².